The zero-order chi connectivity index (χ0) is 17.8. The number of fused-ring (bicyclic) bond motifs is 1. The second-order valence-electron chi connectivity index (χ2n) is 5.62. The molecule has 4 nitrogen and oxygen atoms in total. The summed E-state index contributed by atoms with van der Waals surface area (Å²) in [5.74, 6) is -0.694. The van der Waals surface area contributed by atoms with E-state index in [-0.39, 0.29) is 12.5 Å². The van der Waals surface area contributed by atoms with Crippen molar-refractivity contribution in [3.8, 4) is 0 Å². The average molecular weight is 353 g/mol. The topological polar surface area (TPSA) is 46.6 Å². The third-order valence-electron chi connectivity index (χ3n) is 3.94. The molecule has 1 aromatic heterocycles. The average Bonchev–Trinajstić information content (AvgIpc) is 3.07. The van der Waals surface area contributed by atoms with E-state index in [0.29, 0.717) is 11.4 Å². The molecule has 3 rings (SSSR count). The van der Waals surface area contributed by atoms with Crippen molar-refractivity contribution in [3.05, 3.63) is 64.4 Å². The molecule has 0 saturated heterocycles. The van der Waals surface area contributed by atoms with Gasteiger partial charge in [-0.2, -0.15) is 0 Å². The summed E-state index contributed by atoms with van der Waals surface area (Å²) in [6, 6.07) is 17.3. The molecular weight excluding hydrogens is 334 g/mol. The summed E-state index contributed by atoms with van der Waals surface area (Å²) < 4.78 is 5.20. The van der Waals surface area contributed by atoms with Crippen LogP contribution < -0.4 is 4.90 Å². The number of rotatable bonds is 5. The standard InChI is InChI=1S/C20H19NO3S/c1-3-21(17-10-6-8-15-7-4-5-9-16(15)17)19(22)13-24-20(23)18-12-11-14(2)25-18/h4-12H,3,13H2,1-2H3. The van der Waals surface area contributed by atoms with E-state index in [1.807, 2.05) is 62.4 Å². The molecule has 2 aromatic carbocycles. The minimum absolute atomic E-state index is 0.236. The van der Waals surface area contributed by atoms with Crippen LogP contribution in [0.4, 0.5) is 5.69 Å². The summed E-state index contributed by atoms with van der Waals surface area (Å²) in [4.78, 5) is 27.8. The van der Waals surface area contributed by atoms with Crippen molar-refractivity contribution in [2.24, 2.45) is 0 Å². The predicted molar refractivity (Wildman–Crippen MR) is 101 cm³/mol. The highest BCUT2D eigenvalue weighted by molar-refractivity contribution is 7.13. The number of esters is 1. The van der Waals surface area contributed by atoms with Gasteiger partial charge in [0.2, 0.25) is 0 Å². The number of thiophene rings is 1. The maximum atomic E-state index is 12.6. The number of benzene rings is 2. The van der Waals surface area contributed by atoms with E-state index in [1.165, 1.54) is 11.3 Å². The van der Waals surface area contributed by atoms with Gasteiger partial charge >= 0.3 is 5.97 Å². The van der Waals surface area contributed by atoms with Crippen LogP contribution >= 0.6 is 11.3 Å². The summed E-state index contributed by atoms with van der Waals surface area (Å²) in [6.07, 6.45) is 0. The minimum atomic E-state index is -0.458. The number of hydrogen-bond donors (Lipinski definition) is 0. The van der Waals surface area contributed by atoms with Gasteiger partial charge < -0.3 is 9.64 Å². The number of aryl methyl sites for hydroxylation is 1. The van der Waals surface area contributed by atoms with Crippen LogP contribution in [0, 0.1) is 6.92 Å². The lowest BCUT2D eigenvalue weighted by Crippen LogP contribution is -2.34. The third kappa shape index (κ3) is 3.72. The van der Waals surface area contributed by atoms with E-state index in [4.69, 9.17) is 4.74 Å². The second-order valence-corrected chi connectivity index (χ2v) is 6.91. The van der Waals surface area contributed by atoms with Crippen LogP contribution in [0.25, 0.3) is 10.8 Å². The zero-order valence-corrected chi connectivity index (χ0v) is 15.0. The Morgan fingerprint density at radius 3 is 2.52 bits per heavy atom. The van der Waals surface area contributed by atoms with Crippen LogP contribution in [0.3, 0.4) is 0 Å². The van der Waals surface area contributed by atoms with Crippen molar-refractivity contribution in [3.63, 3.8) is 0 Å². The molecule has 0 atom stereocenters. The van der Waals surface area contributed by atoms with Crippen molar-refractivity contribution in [1.82, 2.24) is 0 Å². The summed E-state index contributed by atoms with van der Waals surface area (Å²) >= 11 is 1.36. The molecule has 25 heavy (non-hydrogen) atoms. The van der Waals surface area contributed by atoms with Crippen LogP contribution in [0.15, 0.2) is 54.6 Å². The van der Waals surface area contributed by atoms with E-state index in [0.717, 1.165) is 21.3 Å². The molecule has 0 spiro atoms. The molecule has 0 aliphatic heterocycles. The predicted octanol–water partition coefficient (Wildman–Crippen LogP) is 4.42. The number of ether oxygens (including phenoxy) is 1. The van der Waals surface area contributed by atoms with Crippen molar-refractivity contribution < 1.29 is 14.3 Å². The zero-order valence-electron chi connectivity index (χ0n) is 14.2. The number of anilines is 1. The largest absolute Gasteiger partial charge is 0.451 e. The van der Waals surface area contributed by atoms with Crippen LogP contribution in [0.5, 0.6) is 0 Å². The number of carbonyl (C=O) groups is 2. The molecule has 0 saturated carbocycles. The van der Waals surface area contributed by atoms with E-state index in [9.17, 15) is 9.59 Å². The molecule has 0 unspecified atom stereocenters. The van der Waals surface area contributed by atoms with Gasteiger partial charge in [0.15, 0.2) is 6.61 Å². The molecule has 0 aliphatic carbocycles. The summed E-state index contributed by atoms with van der Waals surface area (Å²) in [7, 11) is 0. The van der Waals surface area contributed by atoms with E-state index in [2.05, 4.69) is 0 Å². The Morgan fingerprint density at radius 1 is 1.04 bits per heavy atom. The molecule has 0 fully saturated rings. The molecule has 0 N–H and O–H groups in total. The lowest BCUT2D eigenvalue weighted by molar-refractivity contribution is -0.121. The first-order chi connectivity index (χ1) is 12.1. The summed E-state index contributed by atoms with van der Waals surface area (Å²) in [5.41, 5.74) is 0.827. The highest BCUT2D eigenvalue weighted by atomic mass is 32.1. The van der Waals surface area contributed by atoms with E-state index < -0.39 is 5.97 Å². The maximum Gasteiger partial charge on any atom is 0.348 e. The van der Waals surface area contributed by atoms with Gasteiger partial charge in [-0.1, -0.05) is 36.4 Å². The van der Waals surface area contributed by atoms with Gasteiger partial charge in [-0.25, -0.2) is 4.79 Å². The Labute approximate surface area is 150 Å². The number of hydrogen-bond acceptors (Lipinski definition) is 4. The van der Waals surface area contributed by atoms with Crippen molar-refractivity contribution in [2.45, 2.75) is 13.8 Å². The van der Waals surface area contributed by atoms with Gasteiger partial charge in [-0.05, 0) is 37.4 Å². The fraction of sp³-hybridized carbons (Fsp3) is 0.200. The molecule has 1 amide bonds. The molecular formula is C20H19NO3S. The fourth-order valence-electron chi connectivity index (χ4n) is 2.75. The fourth-order valence-corrected chi connectivity index (χ4v) is 3.51. The van der Waals surface area contributed by atoms with Crippen molar-refractivity contribution in [1.29, 1.82) is 0 Å². The summed E-state index contributed by atoms with van der Waals surface area (Å²) in [5, 5.41) is 2.07. The normalized spacial score (nSPS) is 10.6. The SMILES string of the molecule is CCN(C(=O)COC(=O)c1ccc(C)s1)c1cccc2ccccc12. The highest BCUT2D eigenvalue weighted by Crippen LogP contribution is 2.26. The number of carbonyl (C=O) groups excluding carboxylic acids is 2. The Balaban J connectivity index is 1.76. The molecule has 5 heteroatoms. The first kappa shape index (κ1) is 17.2. The van der Waals surface area contributed by atoms with Gasteiger partial charge in [0, 0.05) is 16.8 Å². The Bertz CT molecular complexity index is 911. The number of nitrogens with zero attached hydrogens (tertiary/aromatic N) is 1. The molecule has 0 radical (unpaired) electrons. The van der Waals surface area contributed by atoms with E-state index in [1.54, 1.807) is 11.0 Å². The summed E-state index contributed by atoms with van der Waals surface area (Å²) in [6.45, 7) is 4.06. The van der Waals surface area contributed by atoms with E-state index >= 15 is 0 Å². The number of amides is 1. The van der Waals surface area contributed by atoms with Crippen molar-refractivity contribution in [2.75, 3.05) is 18.1 Å². The van der Waals surface area contributed by atoms with Gasteiger partial charge in [-0.15, -0.1) is 11.3 Å². The minimum Gasteiger partial charge on any atom is -0.451 e. The highest BCUT2D eigenvalue weighted by Gasteiger charge is 2.19. The van der Waals surface area contributed by atoms with Gasteiger partial charge in [0.1, 0.15) is 4.88 Å². The lowest BCUT2D eigenvalue weighted by Gasteiger charge is -2.22. The molecule has 0 bridgehead atoms. The molecule has 128 valence electrons. The van der Waals surface area contributed by atoms with Crippen LogP contribution in [-0.2, 0) is 9.53 Å². The molecule has 0 aliphatic rings. The van der Waals surface area contributed by atoms with Gasteiger partial charge in [0.05, 0.1) is 5.69 Å². The van der Waals surface area contributed by atoms with Crippen LogP contribution in [-0.4, -0.2) is 25.0 Å². The third-order valence-corrected chi connectivity index (χ3v) is 4.92. The Kier molecular flexibility index (Phi) is 5.14. The Morgan fingerprint density at radius 2 is 1.80 bits per heavy atom. The first-order valence-electron chi connectivity index (χ1n) is 8.12. The molecule has 1 heterocycles. The quantitative estimate of drug-likeness (QED) is 0.638. The second kappa shape index (κ2) is 7.49. The van der Waals surface area contributed by atoms with Crippen LogP contribution in [0.1, 0.15) is 21.5 Å². The van der Waals surface area contributed by atoms with Gasteiger partial charge in [0.25, 0.3) is 5.91 Å². The smallest absolute Gasteiger partial charge is 0.348 e. The number of likely N-dealkylation sites (N-methyl/N-ethyl adjacent to an activating group) is 1. The lowest BCUT2D eigenvalue weighted by atomic mass is 10.1. The monoisotopic (exact) mass is 353 g/mol. The maximum absolute atomic E-state index is 12.6. The van der Waals surface area contributed by atoms with Crippen LogP contribution in [0.2, 0.25) is 0 Å². The molecule has 3 aromatic rings. The van der Waals surface area contributed by atoms with Gasteiger partial charge in [-0.3, -0.25) is 4.79 Å². The Hall–Kier alpha value is -2.66. The first-order valence-corrected chi connectivity index (χ1v) is 8.93. The van der Waals surface area contributed by atoms with Crippen molar-refractivity contribution >= 4 is 39.7 Å².